The van der Waals surface area contributed by atoms with Crippen LogP contribution in [0.25, 0.3) is 11.3 Å². The zero-order valence-electron chi connectivity index (χ0n) is 16.0. The summed E-state index contributed by atoms with van der Waals surface area (Å²) in [6, 6.07) is 13.2. The molecule has 0 N–H and O–H groups in total. The summed E-state index contributed by atoms with van der Waals surface area (Å²) in [5.41, 5.74) is 5.22. The van der Waals surface area contributed by atoms with Crippen LogP contribution in [0.4, 0.5) is 0 Å². The highest BCUT2D eigenvalue weighted by molar-refractivity contribution is 6.40. The van der Waals surface area contributed by atoms with Gasteiger partial charge in [0, 0.05) is 11.8 Å². The van der Waals surface area contributed by atoms with Gasteiger partial charge in [-0.3, -0.25) is 4.98 Å². The second-order valence-corrected chi connectivity index (χ2v) is 9.14. The van der Waals surface area contributed by atoms with Gasteiger partial charge in [-0.05, 0) is 22.5 Å². The molecule has 0 unspecified atom stereocenters. The third-order valence-corrected chi connectivity index (χ3v) is 5.38. The Labute approximate surface area is 143 Å². The monoisotopic (exact) mass is 305 g/mol. The van der Waals surface area contributed by atoms with Gasteiger partial charge in [0.2, 0.25) is 0 Å². The molecule has 2 aromatic rings. The topological polar surface area (TPSA) is 12.9 Å². The molecule has 1 aromatic heterocycles. The number of hydrogen-bond acceptors (Lipinski definition) is 1. The van der Waals surface area contributed by atoms with Crippen LogP contribution in [0, 0.1) is 5.41 Å². The van der Waals surface area contributed by atoms with Gasteiger partial charge in [0.05, 0.1) is 5.69 Å². The number of benzene rings is 1. The quantitative estimate of drug-likeness (QED) is 0.774. The molecule has 0 radical (unpaired) electrons. The molecule has 0 atom stereocenters. The van der Waals surface area contributed by atoms with Gasteiger partial charge in [0.15, 0.2) is 0 Å². The molecule has 0 spiro atoms. The van der Waals surface area contributed by atoms with Crippen molar-refractivity contribution in [3.63, 3.8) is 0 Å². The van der Waals surface area contributed by atoms with E-state index >= 15 is 0 Å². The number of hydrogen-bond donors (Lipinski definition) is 0. The number of rotatable bonds is 2. The maximum Gasteiger partial charge on any atom is 0.105 e. The van der Waals surface area contributed by atoms with Gasteiger partial charge in [0.25, 0.3) is 0 Å². The Balaban J connectivity index is 2.41. The summed E-state index contributed by atoms with van der Waals surface area (Å²) in [4.78, 5) is 4.70. The highest BCUT2D eigenvalue weighted by atomic mass is 14.7. The second-order valence-electron chi connectivity index (χ2n) is 9.14. The van der Waals surface area contributed by atoms with E-state index in [0.29, 0.717) is 0 Å². The molecule has 0 aliphatic rings. The van der Waals surface area contributed by atoms with Crippen molar-refractivity contribution >= 4 is 15.7 Å². The van der Waals surface area contributed by atoms with E-state index in [-0.39, 0.29) is 16.0 Å². The molecule has 0 amide bonds. The van der Waals surface area contributed by atoms with Crippen LogP contribution in [-0.2, 0) is 10.6 Å². The van der Waals surface area contributed by atoms with Gasteiger partial charge in [-0.25, -0.2) is 0 Å². The van der Waals surface area contributed by atoms with E-state index in [9.17, 15) is 0 Å². The largest absolute Gasteiger partial charge is 0.256 e. The Hall–Kier alpha value is -1.50. The number of aromatic nitrogens is 1. The minimum atomic E-state index is 0.106. The Morgan fingerprint density at radius 1 is 0.826 bits per heavy atom. The minimum Gasteiger partial charge on any atom is -0.256 e. The van der Waals surface area contributed by atoms with E-state index in [4.69, 9.17) is 4.98 Å². The number of pyridine rings is 1. The van der Waals surface area contributed by atoms with E-state index < -0.39 is 0 Å². The molecule has 23 heavy (non-hydrogen) atoms. The Kier molecular flexibility index (Phi) is 4.54. The zero-order chi connectivity index (χ0) is 17.5. The first-order chi connectivity index (χ1) is 10.4. The molecule has 0 saturated heterocycles. The lowest BCUT2D eigenvalue weighted by Gasteiger charge is -2.40. The van der Waals surface area contributed by atoms with Gasteiger partial charge in [-0.1, -0.05) is 82.7 Å². The fourth-order valence-electron chi connectivity index (χ4n) is 2.51. The lowest BCUT2D eigenvalue weighted by Crippen LogP contribution is -2.41. The van der Waals surface area contributed by atoms with Crippen molar-refractivity contribution in [3.05, 3.63) is 53.7 Å². The number of nitrogens with zero attached hydrogens (tertiary/aromatic N) is 1. The first-order valence-electron chi connectivity index (χ1n) is 8.50. The van der Waals surface area contributed by atoms with Crippen molar-refractivity contribution in [2.75, 3.05) is 0 Å². The highest BCUT2D eigenvalue weighted by Gasteiger charge is 2.34. The molecular formula is C20H29B2N. The van der Waals surface area contributed by atoms with Crippen molar-refractivity contribution in [1.82, 2.24) is 4.98 Å². The molecule has 3 heteroatoms. The molecule has 0 aliphatic carbocycles. The lowest BCUT2D eigenvalue weighted by atomic mass is 9.41. The summed E-state index contributed by atoms with van der Waals surface area (Å²) in [5, 5.41) is 0.106. The minimum absolute atomic E-state index is 0.106. The SMILES string of the molecule is BC(B)(c1cccc(-c2ccc(C(C)(C)C)cn2)c1)C(C)(C)C. The van der Waals surface area contributed by atoms with Gasteiger partial charge in [0.1, 0.15) is 15.7 Å². The maximum atomic E-state index is 4.70. The zero-order valence-corrected chi connectivity index (χ0v) is 16.0. The first kappa shape index (κ1) is 17.8. The van der Waals surface area contributed by atoms with Gasteiger partial charge >= 0.3 is 0 Å². The van der Waals surface area contributed by atoms with Gasteiger partial charge in [-0.2, -0.15) is 0 Å². The van der Waals surface area contributed by atoms with Crippen molar-refractivity contribution < 1.29 is 0 Å². The summed E-state index contributed by atoms with van der Waals surface area (Å²) < 4.78 is 0. The highest BCUT2D eigenvalue weighted by Crippen LogP contribution is 2.37. The van der Waals surface area contributed by atoms with Crippen molar-refractivity contribution in [2.24, 2.45) is 5.41 Å². The fraction of sp³-hybridized carbons (Fsp3) is 0.450. The van der Waals surface area contributed by atoms with Gasteiger partial charge < -0.3 is 0 Å². The predicted octanol–water partition coefficient (Wildman–Crippen LogP) is 3.51. The molecule has 0 fully saturated rings. The van der Waals surface area contributed by atoms with Crippen LogP contribution in [-0.4, -0.2) is 20.7 Å². The molecular weight excluding hydrogens is 276 g/mol. The summed E-state index contributed by atoms with van der Waals surface area (Å²) in [7, 11) is 4.64. The van der Waals surface area contributed by atoms with Gasteiger partial charge in [-0.15, -0.1) is 0 Å². The van der Waals surface area contributed by atoms with Crippen LogP contribution in [0.3, 0.4) is 0 Å². The average molecular weight is 305 g/mol. The van der Waals surface area contributed by atoms with Crippen LogP contribution in [0.1, 0.15) is 52.7 Å². The second kappa shape index (κ2) is 5.85. The molecule has 1 heterocycles. The van der Waals surface area contributed by atoms with Crippen LogP contribution < -0.4 is 0 Å². The third kappa shape index (κ3) is 3.71. The molecule has 0 aliphatic heterocycles. The lowest BCUT2D eigenvalue weighted by molar-refractivity contribution is 0.358. The Morgan fingerprint density at radius 3 is 1.96 bits per heavy atom. The van der Waals surface area contributed by atoms with E-state index in [1.54, 1.807) is 0 Å². The molecule has 1 nitrogen and oxygen atoms in total. The fourth-order valence-corrected chi connectivity index (χ4v) is 2.51. The molecule has 0 saturated carbocycles. The van der Waals surface area contributed by atoms with Crippen molar-refractivity contribution in [1.29, 1.82) is 0 Å². The molecule has 2 rings (SSSR count). The predicted molar refractivity (Wildman–Crippen MR) is 107 cm³/mol. The van der Waals surface area contributed by atoms with Crippen molar-refractivity contribution in [3.8, 4) is 11.3 Å². The van der Waals surface area contributed by atoms with E-state index in [1.165, 1.54) is 16.7 Å². The van der Waals surface area contributed by atoms with E-state index in [1.807, 2.05) is 6.20 Å². The van der Waals surface area contributed by atoms with E-state index in [2.05, 4.69) is 93.6 Å². The normalized spacial score (nSPS) is 13.1. The summed E-state index contributed by atoms with van der Waals surface area (Å²) in [6.07, 6.45) is 2.01. The first-order valence-corrected chi connectivity index (χ1v) is 8.50. The third-order valence-electron chi connectivity index (χ3n) is 5.38. The van der Waals surface area contributed by atoms with Crippen LogP contribution in [0.5, 0.6) is 0 Å². The smallest absolute Gasteiger partial charge is 0.105 e. The molecule has 120 valence electrons. The van der Waals surface area contributed by atoms with E-state index in [0.717, 1.165) is 5.69 Å². The molecule has 0 bridgehead atoms. The average Bonchev–Trinajstić information content (AvgIpc) is 2.45. The maximum absolute atomic E-state index is 4.70. The molecule has 1 aromatic carbocycles. The standard InChI is InChI=1S/C20H29B2N/c1-18(2,3)16-10-11-17(23-13-16)14-8-7-9-15(12-14)20(21,22)19(4,5)6/h7-13H,21-22H2,1-6H3. The summed E-state index contributed by atoms with van der Waals surface area (Å²) in [6.45, 7) is 13.6. The summed E-state index contributed by atoms with van der Waals surface area (Å²) >= 11 is 0. The van der Waals surface area contributed by atoms with Crippen LogP contribution in [0.2, 0.25) is 0 Å². The Morgan fingerprint density at radius 2 is 1.48 bits per heavy atom. The van der Waals surface area contributed by atoms with Crippen LogP contribution in [0.15, 0.2) is 42.6 Å². The summed E-state index contributed by atoms with van der Waals surface area (Å²) in [5.74, 6) is 0. The Bertz CT molecular complexity index is 674. The van der Waals surface area contributed by atoms with Crippen LogP contribution >= 0.6 is 0 Å². The van der Waals surface area contributed by atoms with Crippen molar-refractivity contribution in [2.45, 2.75) is 52.2 Å².